The first kappa shape index (κ1) is 16.7. The third-order valence-electron chi connectivity index (χ3n) is 4.43. The summed E-state index contributed by atoms with van der Waals surface area (Å²) in [6.07, 6.45) is 4.42. The molecular weight excluding hydrogens is 278 g/mol. The lowest BCUT2D eigenvalue weighted by Gasteiger charge is -2.34. The van der Waals surface area contributed by atoms with Crippen molar-refractivity contribution in [1.29, 1.82) is 0 Å². The summed E-state index contributed by atoms with van der Waals surface area (Å²) in [6.45, 7) is 5.81. The van der Waals surface area contributed by atoms with Crippen LogP contribution in [0, 0.1) is 5.92 Å². The minimum Gasteiger partial charge on any atom is -0.341 e. The molecule has 0 saturated carbocycles. The van der Waals surface area contributed by atoms with Gasteiger partial charge in [-0.25, -0.2) is 0 Å². The molecule has 122 valence electrons. The summed E-state index contributed by atoms with van der Waals surface area (Å²) in [5.74, 6) is 1.08. The normalized spacial score (nSPS) is 17.7. The molecule has 1 saturated heterocycles. The number of amides is 1. The molecule has 1 aromatic rings. The Kier molecular flexibility index (Phi) is 5.77. The van der Waals surface area contributed by atoms with Crippen LogP contribution in [0.25, 0.3) is 0 Å². The number of aromatic amines is 1. The average Bonchev–Trinajstić information content (AvgIpc) is 2.52. The van der Waals surface area contributed by atoms with E-state index < -0.39 is 0 Å². The van der Waals surface area contributed by atoms with Gasteiger partial charge in [-0.15, -0.1) is 0 Å². The second kappa shape index (κ2) is 7.58. The Morgan fingerprint density at radius 2 is 2.09 bits per heavy atom. The van der Waals surface area contributed by atoms with Crippen molar-refractivity contribution >= 4 is 5.91 Å². The Labute approximate surface area is 132 Å². The van der Waals surface area contributed by atoms with Crippen LogP contribution in [-0.4, -0.2) is 42.0 Å². The van der Waals surface area contributed by atoms with Crippen molar-refractivity contribution in [1.82, 2.24) is 15.2 Å². The molecule has 1 aliphatic heterocycles. The molecule has 1 atom stereocenters. The largest absolute Gasteiger partial charge is 0.341 e. The molecule has 0 bridgehead atoms. The molecule has 2 N–H and O–H groups in total. The summed E-state index contributed by atoms with van der Waals surface area (Å²) in [4.78, 5) is 28.6. The highest BCUT2D eigenvalue weighted by Gasteiger charge is 2.28. The number of hydrogen-bond donors (Lipinski definition) is 2. The highest BCUT2D eigenvalue weighted by atomic mass is 16.2. The SMILES string of the molecule is CNC(CC(C)C)C(=O)N1CCC(c2cc[nH]c(=O)c2)CC1. The molecule has 22 heavy (non-hydrogen) atoms. The summed E-state index contributed by atoms with van der Waals surface area (Å²) in [6, 6.07) is 3.56. The summed E-state index contributed by atoms with van der Waals surface area (Å²) in [5, 5.41) is 3.14. The zero-order valence-corrected chi connectivity index (χ0v) is 13.8. The van der Waals surface area contributed by atoms with Gasteiger partial charge in [0.25, 0.3) is 0 Å². The van der Waals surface area contributed by atoms with E-state index in [1.807, 2.05) is 18.0 Å². The molecule has 5 nitrogen and oxygen atoms in total. The highest BCUT2D eigenvalue weighted by Crippen LogP contribution is 2.27. The Hall–Kier alpha value is -1.62. The van der Waals surface area contributed by atoms with Crippen LogP contribution in [-0.2, 0) is 4.79 Å². The smallest absolute Gasteiger partial charge is 0.248 e. The lowest BCUT2D eigenvalue weighted by molar-refractivity contribution is -0.134. The molecule has 2 rings (SSSR count). The number of nitrogens with one attached hydrogen (secondary N) is 2. The zero-order chi connectivity index (χ0) is 16.1. The molecular formula is C17H27N3O2. The van der Waals surface area contributed by atoms with Gasteiger partial charge in [-0.2, -0.15) is 0 Å². The first-order valence-electron chi connectivity index (χ1n) is 8.16. The Balaban J connectivity index is 1.94. The monoisotopic (exact) mass is 305 g/mol. The van der Waals surface area contributed by atoms with E-state index in [1.54, 1.807) is 12.3 Å². The first-order chi connectivity index (χ1) is 10.5. The number of carbonyl (C=O) groups excluding carboxylic acids is 1. The van der Waals surface area contributed by atoms with Crippen molar-refractivity contribution in [2.75, 3.05) is 20.1 Å². The third-order valence-corrected chi connectivity index (χ3v) is 4.43. The number of aromatic nitrogens is 1. The van der Waals surface area contributed by atoms with Gasteiger partial charge in [0.1, 0.15) is 0 Å². The molecule has 1 aromatic heterocycles. The van der Waals surface area contributed by atoms with Crippen molar-refractivity contribution in [2.45, 2.75) is 45.1 Å². The van der Waals surface area contributed by atoms with E-state index in [-0.39, 0.29) is 17.5 Å². The van der Waals surface area contributed by atoms with E-state index in [9.17, 15) is 9.59 Å². The van der Waals surface area contributed by atoms with Crippen LogP contribution in [0.2, 0.25) is 0 Å². The quantitative estimate of drug-likeness (QED) is 0.870. The minimum absolute atomic E-state index is 0.0526. The fraction of sp³-hybridized carbons (Fsp3) is 0.647. The number of carbonyl (C=O) groups is 1. The summed E-state index contributed by atoms with van der Waals surface area (Å²) < 4.78 is 0. The number of hydrogen-bond acceptors (Lipinski definition) is 3. The molecule has 5 heteroatoms. The maximum absolute atomic E-state index is 12.6. The molecule has 1 unspecified atom stereocenters. The Morgan fingerprint density at radius 3 is 2.64 bits per heavy atom. The van der Waals surface area contributed by atoms with E-state index in [0.29, 0.717) is 11.8 Å². The van der Waals surface area contributed by atoms with Crippen LogP contribution in [0.15, 0.2) is 23.1 Å². The van der Waals surface area contributed by atoms with Gasteiger partial charge < -0.3 is 15.2 Å². The number of H-pyrrole nitrogens is 1. The van der Waals surface area contributed by atoms with Crippen molar-refractivity contribution in [2.24, 2.45) is 5.92 Å². The molecule has 2 heterocycles. The number of piperidine rings is 1. The summed E-state index contributed by atoms with van der Waals surface area (Å²) >= 11 is 0. The lowest BCUT2D eigenvalue weighted by Crippen LogP contribution is -2.48. The second-order valence-electron chi connectivity index (χ2n) is 6.56. The number of pyridine rings is 1. The summed E-state index contributed by atoms with van der Waals surface area (Å²) in [7, 11) is 1.86. The summed E-state index contributed by atoms with van der Waals surface area (Å²) in [5.41, 5.74) is 1.03. The van der Waals surface area contributed by atoms with Crippen LogP contribution in [0.1, 0.15) is 44.6 Å². The second-order valence-corrected chi connectivity index (χ2v) is 6.56. The molecule has 0 aliphatic carbocycles. The van der Waals surface area contributed by atoms with Gasteiger partial charge in [0.05, 0.1) is 6.04 Å². The van der Waals surface area contributed by atoms with Gasteiger partial charge in [-0.05, 0) is 49.8 Å². The fourth-order valence-electron chi connectivity index (χ4n) is 3.18. The van der Waals surface area contributed by atoms with Crippen LogP contribution >= 0.6 is 0 Å². The van der Waals surface area contributed by atoms with E-state index in [1.165, 1.54) is 0 Å². The van der Waals surface area contributed by atoms with Crippen molar-refractivity contribution in [3.05, 3.63) is 34.2 Å². The van der Waals surface area contributed by atoms with Gasteiger partial charge in [-0.1, -0.05) is 13.8 Å². The van der Waals surface area contributed by atoms with Crippen molar-refractivity contribution < 1.29 is 4.79 Å². The van der Waals surface area contributed by atoms with Crippen LogP contribution in [0.3, 0.4) is 0 Å². The number of likely N-dealkylation sites (N-methyl/N-ethyl adjacent to an activating group) is 1. The van der Waals surface area contributed by atoms with E-state index >= 15 is 0 Å². The number of likely N-dealkylation sites (tertiary alicyclic amines) is 1. The number of nitrogens with zero attached hydrogens (tertiary/aromatic N) is 1. The maximum atomic E-state index is 12.6. The van der Waals surface area contributed by atoms with Gasteiger partial charge >= 0.3 is 0 Å². The molecule has 0 radical (unpaired) electrons. The van der Waals surface area contributed by atoms with Crippen LogP contribution in [0.4, 0.5) is 0 Å². The molecule has 1 amide bonds. The lowest BCUT2D eigenvalue weighted by atomic mass is 9.89. The minimum atomic E-state index is -0.0869. The first-order valence-corrected chi connectivity index (χ1v) is 8.16. The van der Waals surface area contributed by atoms with E-state index in [0.717, 1.165) is 37.9 Å². The van der Waals surface area contributed by atoms with Gasteiger partial charge in [0.15, 0.2) is 0 Å². The predicted molar refractivity (Wildman–Crippen MR) is 87.9 cm³/mol. The molecule has 1 fully saturated rings. The molecule has 0 aromatic carbocycles. The van der Waals surface area contributed by atoms with Gasteiger partial charge in [0.2, 0.25) is 11.5 Å². The topological polar surface area (TPSA) is 65.2 Å². The zero-order valence-electron chi connectivity index (χ0n) is 13.8. The van der Waals surface area contributed by atoms with Crippen LogP contribution < -0.4 is 10.9 Å². The van der Waals surface area contributed by atoms with Crippen molar-refractivity contribution in [3.63, 3.8) is 0 Å². The Morgan fingerprint density at radius 1 is 1.41 bits per heavy atom. The maximum Gasteiger partial charge on any atom is 0.248 e. The molecule has 0 spiro atoms. The fourth-order valence-corrected chi connectivity index (χ4v) is 3.18. The van der Waals surface area contributed by atoms with E-state index in [4.69, 9.17) is 0 Å². The van der Waals surface area contributed by atoms with E-state index in [2.05, 4.69) is 24.1 Å². The highest BCUT2D eigenvalue weighted by molar-refractivity contribution is 5.82. The predicted octanol–water partition coefficient (Wildman–Crippen LogP) is 1.71. The standard InChI is InChI=1S/C17H27N3O2/c1-12(2)10-15(18-3)17(22)20-8-5-13(6-9-20)14-4-7-19-16(21)11-14/h4,7,11-13,15,18H,5-6,8-10H2,1-3H3,(H,19,21). The Bertz CT molecular complexity index is 545. The van der Waals surface area contributed by atoms with Crippen molar-refractivity contribution in [3.8, 4) is 0 Å². The van der Waals surface area contributed by atoms with Crippen LogP contribution in [0.5, 0.6) is 0 Å². The molecule has 1 aliphatic rings. The van der Waals surface area contributed by atoms with Gasteiger partial charge in [-0.3, -0.25) is 9.59 Å². The third kappa shape index (κ3) is 4.19. The average molecular weight is 305 g/mol. The number of rotatable bonds is 5. The van der Waals surface area contributed by atoms with Gasteiger partial charge in [0, 0.05) is 25.4 Å².